The number of aromatic nitrogens is 2. The van der Waals surface area contributed by atoms with Crippen molar-refractivity contribution in [2.24, 2.45) is 0 Å². The van der Waals surface area contributed by atoms with Crippen molar-refractivity contribution < 1.29 is 9.59 Å². The molecule has 0 atom stereocenters. The van der Waals surface area contributed by atoms with E-state index in [1.54, 1.807) is 47.4 Å². The number of likely N-dealkylation sites (tertiary alicyclic amines) is 1. The van der Waals surface area contributed by atoms with E-state index >= 15 is 0 Å². The maximum absolute atomic E-state index is 13.0. The molecular weight excluding hydrogens is 416 g/mol. The van der Waals surface area contributed by atoms with Crippen LogP contribution in [0.3, 0.4) is 0 Å². The van der Waals surface area contributed by atoms with Crippen LogP contribution < -0.4 is 10.9 Å². The van der Waals surface area contributed by atoms with Gasteiger partial charge in [-0.05, 0) is 55.7 Å². The molecule has 4 rings (SSSR count). The van der Waals surface area contributed by atoms with E-state index in [1.165, 1.54) is 12.1 Å². The lowest BCUT2D eigenvalue weighted by molar-refractivity contribution is 0.0725. The van der Waals surface area contributed by atoms with Crippen molar-refractivity contribution in [1.29, 1.82) is 0 Å². The molecule has 1 saturated heterocycles. The standard InChI is InChI=1S/C23H21ClN4O3/c24-16-9-10-18(23(31)27-13-5-2-6-14-27)20(15-16)25-22(30)19-11-12-21(29)28(26-19)17-7-3-1-4-8-17/h1,3-4,7-12,15H,2,5-6,13-14H2,(H,25,30). The van der Waals surface area contributed by atoms with Crippen LogP contribution in [0.2, 0.25) is 5.02 Å². The highest BCUT2D eigenvalue weighted by molar-refractivity contribution is 6.31. The van der Waals surface area contributed by atoms with E-state index in [0.29, 0.717) is 35.1 Å². The summed E-state index contributed by atoms with van der Waals surface area (Å²) in [6.45, 7) is 1.39. The van der Waals surface area contributed by atoms with Gasteiger partial charge >= 0.3 is 0 Å². The van der Waals surface area contributed by atoms with Gasteiger partial charge in [-0.1, -0.05) is 29.8 Å². The third-order valence-electron chi connectivity index (χ3n) is 5.14. The molecule has 0 bridgehead atoms. The molecule has 2 heterocycles. The zero-order valence-corrected chi connectivity index (χ0v) is 17.5. The van der Waals surface area contributed by atoms with Crippen molar-refractivity contribution >= 4 is 29.1 Å². The second-order valence-electron chi connectivity index (χ2n) is 7.30. The molecule has 1 aliphatic heterocycles. The number of rotatable bonds is 4. The van der Waals surface area contributed by atoms with Crippen LogP contribution in [0.15, 0.2) is 65.5 Å². The summed E-state index contributed by atoms with van der Waals surface area (Å²) in [5.74, 6) is -0.687. The van der Waals surface area contributed by atoms with Crippen molar-refractivity contribution in [2.45, 2.75) is 19.3 Å². The highest BCUT2D eigenvalue weighted by atomic mass is 35.5. The van der Waals surface area contributed by atoms with Gasteiger partial charge in [0, 0.05) is 24.2 Å². The van der Waals surface area contributed by atoms with Crippen molar-refractivity contribution in [1.82, 2.24) is 14.7 Å². The van der Waals surface area contributed by atoms with Crippen molar-refractivity contribution in [3.8, 4) is 5.69 Å². The Bertz CT molecular complexity index is 1170. The van der Waals surface area contributed by atoms with Crippen LogP contribution in [-0.2, 0) is 0 Å². The summed E-state index contributed by atoms with van der Waals surface area (Å²) >= 11 is 6.13. The van der Waals surface area contributed by atoms with Crippen molar-refractivity contribution in [3.05, 3.63) is 87.3 Å². The molecule has 0 radical (unpaired) electrons. The van der Waals surface area contributed by atoms with Gasteiger partial charge < -0.3 is 10.2 Å². The largest absolute Gasteiger partial charge is 0.339 e. The van der Waals surface area contributed by atoms with E-state index in [0.717, 1.165) is 23.9 Å². The fourth-order valence-electron chi connectivity index (χ4n) is 3.55. The number of anilines is 1. The molecule has 1 aliphatic rings. The Morgan fingerprint density at radius 1 is 0.935 bits per heavy atom. The number of piperidine rings is 1. The summed E-state index contributed by atoms with van der Waals surface area (Å²) in [7, 11) is 0. The molecule has 0 unspecified atom stereocenters. The van der Waals surface area contributed by atoms with Gasteiger partial charge in [0.15, 0.2) is 0 Å². The van der Waals surface area contributed by atoms with E-state index in [9.17, 15) is 14.4 Å². The Balaban J connectivity index is 1.62. The molecule has 7 nitrogen and oxygen atoms in total. The summed E-state index contributed by atoms with van der Waals surface area (Å²) in [5, 5.41) is 7.32. The number of para-hydroxylation sites is 1. The van der Waals surface area contributed by atoms with Gasteiger partial charge in [-0.3, -0.25) is 14.4 Å². The molecule has 1 N–H and O–H groups in total. The first kappa shape index (κ1) is 20.8. The second-order valence-corrected chi connectivity index (χ2v) is 7.74. The number of nitrogens with one attached hydrogen (secondary N) is 1. The molecule has 0 aliphatic carbocycles. The van der Waals surface area contributed by atoms with Gasteiger partial charge in [0.2, 0.25) is 0 Å². The molecule has 0 spiro atoms. The molecule has 8 heteroatoms. The predicted molar refractivity (Wildman–Crippen MR) is 119 cm³/mol. The molecular formula is C23H21ClN4O3. The van der Waals surface area contributed by atoms with Crippen LogP contribution >= 0.6 is 11.6 Å². The van der Waals surface area contributed by atoms with E-state index in [1.807, 2.05) is 6.07 Å². The molecule has 1 aromatic heterocycles. The number of hydrogen-bond acceptors (Lipinski definition) is 4. The monoisotopic (exact) mass is 436 g/mol. The third-order valence-corrected chi connectivity index (χ3v) is 5.37. The van der Waals surface area contributed by atoms with Crippen LogP contribution in [0, 0.1) is 0 Å². The highest BCUT2D eigenvalue weighted by Crippen LogP contribution is 2.24. The Morgan fingerprint density at radius 2 is 1.68 bits per heavy atom. The quantitative estimate of drug-likeness (QED) is 0.674. The predicted octanol–water partition coefficient (Wildman–Crippen LogP) is 3.76. The highest BCUT2D eigenvalue weighted by Gasteiger charge is 2.22. The first-order valence-corrected chi connectivity index (χ1v) is 10.5. The van der Waals surface area contributed by atoms with E-state index in [2.05, 4.69) is 10.4 Å². The number of carbonyl (C=O) groups excluding carboxylic acids is 2. The Labute approximate surface area is 184 Å². The Hall–Kier alpha value is -3.45. The molecule has 1 fully saturated rings. The third kappa shape index (κ3) is 4.67. The zero-order valence-electron chi connectivity index (χ0n) is 16.8. The average Bonchev–Trinajstić information content (AvgIpc) is 2.80. The van der Waals surface area contributed by atoms with E-state index < -0.39 is 5.91 Å². The summed E-state index contributed by atoms with van der Waals surface area (Å²) in [6.07, 6.45) is 3.04. The Morgan fingerprint density at radius 3 is 2.42 bits per heavy atom. The first-order chi connectivity index (χ1) is 15.0. The van der Waals surface area contributed by atoms with Gasteiger partial charge in [-0.2, -0.15) is 9.78 Å². The van der Waals surface area contributed by atoms with E-state index in [-0.39, 0.29) is 17.2 Å². The molecule has 2 aromatic carbocycles. The fraction of sp³-hybridized carbons (Fsp3) is 0.217. The normalized spacial score (nSPS) is 13.6. The molecule has 31 heavy (non-hydrogen) atoms. The molecule has 0 saturated carbocycles. The van der Waals surface area contributed by atoms with E-state index in [4.69, 9.17) is 11.6 Å². The smallest absolute Gasteiger partial charge is 0.276 e. The van der Waals surface area contributed by atoms with Crippen LogP contribution in [0.25, 0.3) is 5.69 Å². The van der Waals surface area contributed by atoms with Crippen LogP contribution in [0.1, 0.15) is 40.1 Å². The van der Waals surface area contributed by atoms with Gasteiger partial charge in [0.1, 0.15) is 5.69 Å². The minimum absolute atomic E-state index is 0.0415. The number of halogens is 1. The van der Waals surface area contributed by atoms with Gasteiger partial charge in [0.05, 0.1) is 16.9 Å². The average molecular weight is 437 g/mol. The maximum atomic E-state index is 13.0. The minimum Gasteiger partial charge on any atom is -0.339 e. The molecule has 158 valence electrons. The summed E-state index contributed by atoms with van der Waals surface area (Å²) < 4.78 is 1.16. The molecule has 2 amide bonds. The minimum atomic E-state index is -0.542. The SMILES string of the molecule is O=C(Nc1cc(Cl)ccc1C(=O)N1CCCCC1)c1ccc(=O)n(-c2ccccc2)n1. The fourth-order valence-corrected chi connectivity index (χ4v) is 3.72. The number of hydrogen-bond donors (Lipinski definition) is 1. The van der Waals surface area contributed by atoms with Gasteiger partial charge in [-0.25, -0.2) is 0 Å². The lowest BCUT2D eigenvalue weighted by Gasteiger charge is -2.27. The lowest BCUT2D eigenvalue weighted by Crippen LogP contribution is -2.36. The van der Waals surface area contributed by atoms with Crippen molar-refractivity contribution in [2.75, 3.05) is 18.4 Å². The topological polar surface area (TPSA) is 84.3 Å². The summed E-state index contributed by atoms with van der Waals surface area (Å²) in [5.41, 5.74) is 0.917. The Kier molecular flexibility index (Phi) is 6.13. The van der Waals surface area contributed by atoms with Crippen LogP contribution in [0.5, 0.6) is 0 Å². The maximum Gasteiger partial charge on any atom is 0.276 e. The molecule has 3 aromatic rings. The van der Waals surface area contributed by atoms with Gasteiger partial charge in [0.25, 0.3) is 17.4 Å². The van der Waals surface area contributed by atoms with Crippen LogP contribution in [0.4, 0.5) is 5.69 Å². The van der Waals surface area contributed by atoms with Crippen LogP contribution in [-0.4, -0.2) is 39.6 Å². The number of carbonyl (C=O) groups is 2. The lowest BCUT2D eigenvalue weighted by atomic mass is 10.1. The second kappa shape index (κ2) is 9.14. The summed E-state index contributed by atoms with van der Waals surface area (Å²) in [6, 6.07) is 16.3. The number of nitrogens with zero attached hydrogens (tertiary/aromatic N) is 3. The van der Waals surface area contributed by atoms with Crippen molar-refractivity contribution in [3.63, 3.8) is 0 Å². The zero-order chi connectivity index (χ0) is 21.8. The first-order valence-electron chi connectivity index (χ1n) is 10.1. The number of benzene rings is 2. The summed E-state index contributed by atoms with van der Waals surface area (Å²) in [4.78, 5) is 39.9. The van der Waals surface area contributed by atoms with Gasteiger partial charge in [-0.15, -0.1) is 0 Å². The number of amides is 2.